The maximum Gasteiger partial charge on any atom is 0.527 e. The number of aromatic nitrogens is 1. The second kappa shape index (κ2) is 22.3. The van der Waals surface area contributed by atoms with Crippen LogP contribution in [0.4, 0.5) is 0 Å². The summed E-state index contributed by atoms with van der Waals surface area (Å²) in [5.41, 5.74) is 2.19. The molecule has 2 unspecified atom stereocenters. The second-order valence-electron chi connectivity index (χ2n) is 11.9. The van der Waals surface area contributed by atoms with Gasteiger partial charge in [-0.1, -0.05) is 103 Å². The van der Waals surface area contributed by atoms with E-state index < -0.39 is 13.9 Å². The van der Waals surface area contributed by atoms with Crippen molar-refractivity contribution in [2.24, 2.45) is 0 Å². The number of hydrogen-bond acceptors (Lipinski definition) is 5. The zero-order valence-corrected chi connectivity index (χ0v) is 28.6. The fraction of sp³-hybridized carbons (Fsp3) is 0.595. The molecule has 0 fully saturated rings. The van der Waals surface area contributed by atoms with Crippen LogP contribution in [0, 0.1) is 0 Å². The molecule has 0 bridgehead atoms. The quantitative estimate of drug-likeness (QED) is 0.0534. The minimum absolute atomic E-state index is 0.0871. The molecule has 0 saturated carbocycles. The highest BCUT2D eigenvalue weighted by molar-refractivity contribution is 7.47. The predicted octanol–water partition coefficient (Wildman–Crippen LogP) is 9.57. The van der Waals surface area contributed by atoms with Crippen molar-refractivity contribution < 1.29 is 32.5 Å². The molecule has 1 heterocycles. The SMILES string of the molecule is CCCCCCCCCCCCCCCCOCC(COP(=O)(O)Oc1ccc(C[n+]2cccc3ccccc32)cc1)OCC. The van der Waals surface area contributed by atoms with E-state index in [0.29, 0.717) is 26.4 Å². The first-order chi connectivity index (χ1) is 22.0. The molecule has 250 valence electrons. The Morgan fingerprint density at radius 2 is 1.33 bits per heavy atom. The molecule has 0 aliphatic rings. The van der Waals surface area contributed by atoms with Gasteiger partial charge in [0.2, 0.25) is 5.52 Å². The van der Waals surface area contributed by atoms with Gasteiger partial charge in [0.05, 0.1) is 13.2 Å². The lowest BCUT2D eigenvalue weighted by molar-refractivity contribution is -0.662. The zero-order chi connectivity index (χ0) is 32.0. The van der Waals surface area contributed by atoms with Crippen LogP contribution in [-0.4, -0.2) is 37.4 Å². The summed E-state index contributed by atoms with van der Waals surface area (Å²) in [5, 5.41) is 1.17. The van der Waals surface area contributed by atoms with Gasteiger partial charge in [-0.2, -0.15) is 4.57 Å². The number of phosphoric ester groups is 1. The largest absolute Gasteiger partial charge is 0.527 e. The molecule has 0 radical (unpaired) electrons. The van der Waals surface area contributed by atoms with Crippen LogP contribution in [0.1, 0.15) is 109 Å². The van der Waals surface area contributed by atoms with Gasteiger partial charge < -0.3 is 14.0 Å². The minimum atomic E-state index is -4.32. The molecule has 2 aromatic carbocycles. The van der Waals surface area contributed by atoms with Gasteiger partial charge in [-0.15, -0.1) is 0 Å². The van der Waals surface area contributed by atoms with Gasteiger partial charge in [0.1, 0.15) is 11.9 Å². The monoisotopic (exact) mass is 642 g/mol. The average molecular weight is 643 g/mol. The van der Waals surface area contributed by atoms with Crippen LogP contribution in [0.5, 0.6) is 5.75 Å². The summed E-state index contributed by atoms with van der Waals surface area (Å²) in [5.74, 6) is 0.273. The van der Waals surface area contributed by atoms with Gasteiger partial charge in [0, 0.05) is 36.3 Å². The first kappa shape index (κ1) is 37.2. The highest BCUT2D eigenvalue weighted by atomic mass is 31.2. The Hall–Kier alpha value is -2.28. The summed E-state index contributed by atoms with van der Waals surface area (Å²) in [6.07, 6.45) is 20.1. The van der Waals surface area contributed by atoms with E-state index in [0.717, 1.165) is 23.9 Å². The molecule has 0 aliphatic heterocycles. The van der Waals surface area contributed by atoms with Crippen LogP contribution in [0.3, 0.4) is 0 Å². The number of unbranched alkanes of at least 4 members (excludes halogenated alkanes) is 13. The van der Waals surface area contributed by atoms with Crippen molar-refractivity contribution >= 4 is 18.7 Å². The minimum Gasteiger partial charge on any atom is -0.404 e. The number of fused-ring (bicyclic) bond motifs is 1. The van der Waals surface area contributed by atoms with Crippen LogP contribution >= 0.6 is 7.82 Å². The third-order valence-corrected chi connectivity index (χ3v) is 8.97. The Kier molecular flexibility index (Phi) is 18.4. The molecule has 0 spiro atoms. The Bertz CT molecular complexity index is 1230. The second-order valence-corrected chi connectivity index (χ2v) is 13.3. The van der Waals surface area contributed by atoms with Crippen molar-refractivity contribution in [2.75, 3.05) is 26.4 Å². The van der Waals surface area contributed by atoms with E-state index in [9.17, 15) is 9.46 Å². The summed E-state index contributed by atoms with van der Waals surface area (Å²) in [7, 11) is -4.32. The molecule has 1 N–H and O–H groups in total. The molecule has 0 saturated heterocycles. The van der Waals surface area contributed by atoms with Crippen LogP contribution in [0.15, 0.2) is 66.9 Å². The summed E-state index contributed by atoms with van der Waals surface area (Å²) in [6.45, 7) is 6.16. The van der Waals surface area contributed by atoms with E-state index in [-0.39, 0.29) is 12.4 Å². The lowest BCUT2D eigenvalue weighted by Gasteiger charge is -2.19. The molecule has 0 aliphatic carbocycles. The fourth-order valence-electron chi connectivity index (χ4n) is 5.54. The van der Waals surface area contributed by atoms with Crippen molar-refractivity contribution in [1.29, 1.82) is 0 Å². The molecule has 1 aromatic heterocycles. The first-order valence-electron chi connectivity index (χ1n) is 17.3. The Morgan fingerprint density at radius 1 is 0.733 bits per heavy atom. The first-order valence-corrected chi connectivity index (χ1v) is 18.8. The number of ether oxygens (including phenoxy) is 2. The Labute approximate surface area is 271 Å². The molecule has 2 atom stereocenters. The van der Waals surface area contributed by atoms with Crippen molar-refractivity contribution in [3.63, 3.8) is 0 Å². The topological polar surface area (TPSA) is 78.1 Å². The summed E-state index contributed by atoms with van der Waals surface area (Å²) in [4.78, 5) is 10.3. The molecule has 8 heteroatoms. The maximum absolute atomic E-state index is 12.6. The summed E-state index contributed by atoms with van der Waals surface area (Å²) in [6, 6.07) is 19.5. The van der Waals surface area contributed by atoms with Crippen molar-refractivity contribution in [3.05, 3.63) is 72.4 Å². The van der Waals surface area contributed by atoms with Gasteiger partial charge >= 0.3 is 7.82 Å². The standard InChI is InChI=1S/C37H56NO6P/c1-3-5-6-7-8-9-10-11-12-13-14-15-16-19-29-41-31-36(42-4-2)32-43-45(39,40)44-35-26-24-33(25-27-35)30-38-28-20-22-34-21-17-18-23-37(34)38/h17-18,20-28,36H,3-16,19,29-32H2,1-2H3/p+1. The highest BCUT2D eigenvalue weighted by Crippen LogP contribution is 2.44. The van der Waals surface area contributed by atoms with Crippen molar-refractivity contribution in [3.8, 4) is 5.75 Å². The molecular weight excluding hydrogens is 585 g/mol. The third-order valence-electron chi connectivity index (χ3n) is 8.06. The number of pyridine rings is 1. The molecule has 3 aromatic rings. The van der Waals surface area contributed by atoms with Gasteiger partial charge in [-0.05, 0) is 49.7 Å². The van der Waals surface area contributed by atoms with Crippen molar-refractivity contribution in [1.82, 2.24) is 0 Å². The normalized spacial score (nSPS) is 13.6. The van der Waals surface area contributed by atoms with Gasteiger partial charge in [0.15, 0.2) is 12.7 Å². The van der Waals surface area contributed by atoms with E-state index in [1.807, 2.05) is 43.5 Å². The van der Waals surface area contributed by atoms with E-state index in [4.69, 9.17) is 18.5 Å². The van der Waals surface area contributed by atoms with Gasteiger partial charge in [0.25, 0.3) is 0 Å². The van der Waals surface area contributed by atoms with E-state index >= 15 is 0 Å². The molecular formula is C37H57NO6P+. The van der Waals surface area contributed by atoms with Crippen LogP contribution in [0.25, 0.3) is 10.9 Å². The molecule has 7 nitrogen and oxygen atoms in total. The highest BCUT2D eigenvalue weighted by Gasteiger charge is 2.25. The van der Waals surface area contributed by atoms with E-state index in [1.165, 1.54) is 82.4 Å². The molecule has 3 rings (SSSR count). The molecule has 45 heavy (non-hydrogen) atoms. The summed E-state index contributed by atoms with van der Waals surface area (Å²) >= 11 is 0. The maximum atomic E-state index is 12.6. The smallest absolute Gasteiger partial charge is 0.404 e. The van der Waals surface area contributed by atoms with Gasteiger partial charge in [-0.3, -0.25) is 9.42 Å². The fourth-order valence-corrected chi connectivity index (χ4v) is 6.34. The van der Waals surface area contributed by atoms with Gasteiger partial charge in [-0.25, -0.2) is 4.57 Å². The Balaban J connectivity index is 1.26. The van der Waals surface area contributed by atoms with Crippen LogP contribution < -0.4 is 9.09 Å². The predicted molar refractivity (Wildman–Crippen MR) is 183 cm³/mol. The Morgan fingerprint density at radius 3 is 1.98 bits per heavy atom. The number of nitrogens with zero attached hydrogens (tertiary/aromatic N) is 1. The van der Waals surface area contributed by atoms with Crippen LogP contribution in [-0.2, 0) is 25.1 Å². The summed E-state index contributed by atoms with van der Waals surface area (Å²) < 4.78 is 36.9. The van der Waals surface area contributed by atoms with E-state index in [2.05, 4.69) is 29.7 Å². The number of hydrogen-bond donors (Lipinski definition) is 1. The number of benzene rings is 2. The lowest BCUT2D eigenvalue weighted by atomic mass is 10.0. The lowest BCUT2D eigenvalue weighted by Crippen LogP contribution is -2.34. The number of para-hydroxylation sites is 1. The van der Waals surface area contributed by atoms with E-state index in [1.54, 1.807) is 12.1 Å². The van der Waals surface area contributed by atoms with Crippen LogP contribution in [0.2, 0.25) is 0 Å². The van der Waals surface area contributed by atoms with Crippen molar-refractivity contribution in [2.45, 2.75) is 116 Å². The third kappa shape index (κ3) is 15.7. The zero-order valence-electron chi connectivity index (χ0n) is 27.7. The number of phosphoric acid groups is 1. The average Bonchev–Trinajstić information content (AvgIpc) is 3.04. The number of rotatable bonds is 26. The molecule has 0 amide bonds.